The topological polar surface area (TPSA) is 54.4 Å². The van der Waals surface area contributed by atoms with E-state index in [0.29, 0.717) is 12.1 Å². The van der Waals surface area contributed by atoms with E-state index in [-0.39, 0.29) is 16.1 Å². The van der Waals surface area contributed by atoms with Crippen LogP contribution in [0, 0.1) is 0 Å². The Morgan fingerprint density at radius 1 is 1.03 bits per heavy atom. The number of alkyl halides is 6. The molecule has 0 amide bonds. The molecule has 0 heterocycles. The third kappa shape index (κ3) is 6.09. The molecule has 0 radical (unpaired) electrons. The van der Waals surface area contributed by atoms with Gasteiger partial charge in [-0.15, -0.1) is 0 Å². The van der Waals surface area contributed by atoms with Crippen LogP contribution in [0.1, 0.15) is 39.4 Å². The number of allylic oxidation sites excluding steroid dienone is 1. The minimum absolute atomic E-state index is 0.130. The summed E-state index contributed by atoms with van der Waals surface area (Å²) >= 11 is 5.78. The molecule has 0 saturated heterocycles. The largest absolute Gasteiger partial charge is 0.478 e. The molecule has 0 fully saturated rings. The fourth-order valence-corrected chi connectivity index (χ4v) is 2.89. The second kappa shape index (κ2) is 8.91. The Morgan fingerprint density at radius 3 is 2.23 bits per heavy atom. The number of halogens is 7. The maximum atomic E-state index is 13.4. The van der Waals surface area contributed by atoms with Crippen LogP contribution >= 0.6 is 11.6 Å². The highest BCUT2D eigenvalue weighted by molar-refractivity contribution is 6.33. The van der Waals surface area contributed by atoms with E-state index in [9.17, 15) is 35.9 Å². The molecule has 30 heavy (non-hydrogen) atoms. The van der Waals surface area contributed by atoms with Crippen LogP contribution in [0.4, 0.5) is 26.3 Å². The molecule has 2 aromatic rings. The van der Waals surface area contributed by atoms with E-state index in [2.05, 4.69) is 0 Å². The monoisotopic (exact) mass is 450 g/mol. The third-order valence-corrected chi connectivity index (χ3v) is 4.41. The first-order chi connectivity index (χ1) is 13.8. The zero-order chi connectivity index (χ0) is 22.7. The Labute approximate surface area is 171 Å². The quantitative estimate of drug-likeness (QED) is 0.410. The van der Waals surface area contributed by atoms with Gasteiger partial charge in [0.1, 0.15) is 0 Å². The number of aromatic carboxylic acids is 1. The summed E-state index contributed by atoms with van der Waals surface area (Å²) in [6, 6.07) is 6.42. The first kappa shape index (κ1) is 23.5. The number of carbonyl (C=O) groups is 2. The van der Waals surface area contributed by atoms with E-state index in [4.69, 9.17) is 16.7 Å². The van der Waals surface area contributed by atoms with E-state index < -0.39 is 47.6 Å². The zero-order valence-corrected chi connectivity index (χ0v) is 15.6. The lowest BCUT2D eigenvalue weighted by molar-refractivity contribution is -0.156. The number of carboxylic acids is 1. The van der Waals surface area contributed by atoms with Crippen molar-refractivity contribution in [2.45, 2.75) is 24.7 Å². The highest BCUT2D eigenvalue weighted by Gasteiger charge is 2.42. The van der Waals surface area contributed by atoms with Gasteiger partial charge in [0.05, 0.1) is 22.1 Å². The molecule has 0 aliphatic heterocycles. The maximum absolute atomic E-state index is 13.4. The van der Waals surface area contributed by atoms with Gasteiger partial charge in [0.25, 0.3) is 0 Å². The highest BCUT2D eigenvalue weighted by Crippen LogP contribution is 2.40. The molecule has 1 unspecified atom stereocenters. The van der Waals surface area contributed by atoms with E-state index in [1.807, 2.05) is 0 Å². The summed E-state index contributed by atoms with van der Waals surface area (Å²) in [5.74, 6) is -4.68. The first-order valence-corrected chi connectivity index (χ1v) is 8.64. The van der Waals surface area contributed by atoms with Crippen LogP contribution in [0.15, 0.2) is 48.5 Å². The molecule has 2 rings (SSSR count). The Hall–Kier alpha value is -2.81. The van der Waals surface area contributed by atoms with Crippen molar-refractivity contribution in [3.8, 4) is 0 Å². The summed E-state index contributed by atoms with van der Waals surface area (Å²) < 4.78 is 78.6. The van der Waals surface area contributed by atoms with Crippen LogP contribution in [0.3, 0.4) is 0 Å². The molecular weight excluding hydrogens is 438 g/mol. The summed E-state index contributed by atoms with van der Waals surface area (Å²) in [6.45, 7) is 0. The summed E-state index contributed by atoms with van der Waals surface area (Å²) in [5.41, 5.74) is -1.85. The van der Waals surface area contributed by atoms with Gasteiger partial charge in [-0.1, -0.05) is 41.9 Å². The van der Waals surface area contributed by atoms with Crippen LogP contribution < -0.4 is 0 Å². The van der Waals surface area contributed by atoms with Crippen molar-refractivity contribution in [3.05, 3.63) is 75.8 Å². The summed E-state index contributed by atoms with van der Waals surface area (Å²) in [7, 11) is 0. The zero-order valence-electron chi connectivity index (χ0n) is 14.9. The van der Waals surface area contributed by atoms with Gasteiger partial charge in [0.15, 0.2) is 5.78 Å². The van der Waals surface area contributed by atoms with Gasteiger partial charge in [-0.3, -0.25) is 4.79 Å². The predicted octanol–water partition coefficient (Wildman–Crippen LogP) is 6.38. The number of ketones is 1. The van der Waals surface area contributed by atoms with E-state index in [1.54, 1.807) is 0 Å². The van der Waals surface area contributed by atoms with Gasteiger partial charge >= 0.3 is 18.3 Å². The van der Waals surface area contributed by atoms with Gasteiger partial charge in [-0.25, -0.2) is 4.79 Å². The molecule has 10 heteroatoms. The van der Waals surface area contributed by atoms with E-state index in [0.717, 1.165) is 30.4 Å². The molecular formula is C20H13ClF6O3. The minimum Gasteiger partial charge on any atom is -0.478 e. The molecule has 3 nitrogen and oxygen atoms in total. The lowest BCUT2D eigenvalue weighted by Gasteiger charge is -2.20. The van der Waals surface area contributed by atoms with Gasteiger partial charge in [-0.05, 0) is 35.4 Å². The normalized spacial score (nSPS) is 13.4. The molecule has 2 aromatic carbocycles. The molecule has 0 aliphatic rings. The second-order valence-electron chi connectivity index (χ2n) is 6.27. The van der Waals surface area contributed by atoms with Crippen LogP contribution in [-0.4, -0.2) is 23.0 Å². The van der Waals surface area contributed by atoms with Crippen molar-refractivity contribution in [2.24, 2.45) is 0 Å². The van der Waals surface area contributed by atoms with Crippen molar-refractivity contribution in [2.75, 3.05) is 0 Å². The number of rotatable bonds is 6. The van der Waals surface area contributed by atoms with Gasteiger partial charge in [-0.2, -0.15) is 26.3 Å². The Bertz CT molecular complexity index is 979. The second-order valence-corrected chi connectivity index (χ2v) is 6.67. The van der Waals surface area contributed by atoms with Crippen LogP contribution in [0.25, 0.3) is 6.08 Å². The highest BCUT2D eigenvalue weighted by atomic mass is 35.5. The molecule has 0 saturated carbocycles. The number of hydrogen-bond acceptors (Lipinski definition) is 2. The van der Waals surface area contributed by atoms with Crippen molar-refractivity contribution < 1.29 is 41.0 Å². The fourth-order valence-electron chi connectivity index (χ4n) is 2.62. The molecule has 1 N–H and O–H groups in total. The third-order valence-electron chi connectivity index (χ3n) is 4.10. The average molecular weight is 451 g/mol. The van der Waals surface area contributed by atoms with Gasteiger partial charge in [0.2, 0.25) is 0 Å². The van der Waals surface area contributed by atoms with Crippen molar-refractivity contribution in [1.29, 1.82) is 0 Å². The van der Waals surface area contributed by atoms with Crippen LogP contribution in [0.5, 0.6) is 0 Å². The first-order valence-electron chi connectivity index (χ1n) is 8.26. The summed E-state index contributed by atoms with van der Waals surface area (Å²) in [4.78, 5) is 23.0. The molecule has 160 valence electrons. The fraction of sp³-hybridized carbons (Fsp3) is 0.200. The Morgan fingerprint density at radius 2 is 1.70 bits per heavy atom. The van der Waals surface area contributed by atoms with Crippen molar-refractivity contribution in [3.63, 3.8) is 0 Å². The Balaban J connectivity index is 2.24. The van der Waals surface area contributed by atoms with Gasteiger partial charge < -0.3 is 5.11 Å². The smallest absolute Gasteiger partial charge is 0.416 e. The minimum atomic E-state index is -4.94. The Kier molecular flexibility index (Phi) is 6.97. The molecule has 0 bridgehead atoms. The van der Waals surface area contributed by atoms with Crippen LogP contribution in [-0.2, 0) is 11.0 Å². The van der Waals surface area contributed by atoms with E-state index >= 15 is 0 Å². The summed E-state index contributed by atoms with van der Waals surface area (Å²) in [6.07, 6.45) is -8.89. The van der Waals surface area contributed by atoms with Crippen LogP contribution in [0.2, 0.25) is 5.02 Å². The van der Waals surface area contributed by atoms with Gasteiger partial charge in [0, 0.05) is 6.42 Å². The van der Waals surface area contributed by atoms with Crippen molar-refractivity contribution >= 4 is 29.4 Å². The molecule has 0 aliphatic carbocycles. The number of hydrogen-bond donors (Lipinski definition) is 1. The maximum Gasteiger partial charge on any atom is 0.416 e. The number of carbonyl (C=O) groups excluding carboxylic acids is 1. The lowest BCUT2D eigenvalue weighted by Crippen LogP contribution is -2.23. The molecule has 1 atom stereocenters. The lowest BCUT2D eigenvalue weighted by atomic mass is 9.91. The standard InChI is InChI=1S/C20H13ClF6O3/c21-17-8-11(5-7-15(17)18(29)30)4-6-14(28)10-16(20(25,26)27)12-2-1-3-13(9-12)19(22,23)24/h1-9,16H,10H2,(H,29,30)/b6-4+. The number of benzene rings is 2. The number of carboxylic acid groups (broad SMARTS) is 1. The predicted molar refractivity (Wildman–Crippen MR) is 97.3 cm³/mol. The van der Waals surface area contributed by atoms with Crippen molar-refractivity contribution in [1.82, 2.24) is 0 Å². The average Bonchev–Trinajstić information content (AvgIpc) is 2.62. The SMILES string of the molecule is O=C(/C=C/c1ccc(C(=O)O)c(Cl)c1)CC(c1cccc(C(F)(F)F)c1)C(F)(F)F. The van der Waals surface area contributed by atoms with E-state index in [1.165, 1.54) is 12.1 Å². The molecule has 0 aromatic heterocycles. The molecule has 0 spiro atoms. The summed E-state index contributed by atoms with van der Waals surface area (Å²) in [5, 5.41) is 8.76.